The number of nitriles is 1. The van der Waals surface area contributed by atoms with E-state index in [0.717, 1.165) is 11.1 Å². The molecule has 0 radical (unpaired) electrons. The Hall–Kier alpha value is -3.18. The molecule has 0 N–H and O–H groups in total. The van der Waals surface area contributed by atoms with Crippen LogP contribution in [0.15, 0.2) is 59.1 Å². The molecule has 0 saturated carbocycles. The van der Waals surface area contributed by atoms with Crippen LogP contribution in [0.4, 0.5) is 18.9 Å². The molecule has 0 aromatic heterocycles. The van der Waals surface area contributed by atoms with Gasteiger partial charge in [0.2, 0.25) is 0 Å². The van der Waals surface area contributed by atoms with Crippen molar-refractivity contribution in [2.45, 2.75) is 26.2 Å². The summed E-state index contributed by atoms with van der Waals surface area (Å²) in [6.07, 6.45) is -4.58. The number of hydrogen-bond acceptors (Lipinski definition) is 4. The van der Waals surface area contributed by atoms with Crippen LogP contribution >= 0.6 is 15.9 Å². The van der Waals surface area contributed by atoms with Gasteiger partial charge in [0.25, 0.3) is 0 Å². The van der Waals surface area contributed by atoms with Crippen molar-refractivity contribution in [3.63, 3.8) is 0 Å². The van der Waals surface area contributed by atoms with E-state index in [4.69, 9.17) is 9.47 Å². The smallest absolute Gasteiger partial charge is 0.417 e. The molecule has 3 aromatic carbocycles. The zero-order valence-electron chi connectivity index (χ0n) is 18.3. The molecule has 0 spiro atoms. The van der Waals surface area contributed by atoms with Crippen LogP contribution in [0.3, 0.4) is 0 Å². The highest BCUT2D eigenvalue weighted by Crippen LogP contribution is 2.42. The molecule has 8 heteroatoms. The van der Waals surface area contributed by atoms with Crippen molar-refractivity contribution in [1.29, 1.82) is 5.26 Å². The highest BCUT2D eigenvalue weighted by Gasteiger charge is 2.37. The third-order valence-electron chi connectivity index (χ3n) is 5.24. The van der Waals surface area contributed by atoms with Crippen molar-refractivity contribution in [1.82, 2.24) is 0 Å². The summed E-state index contributed by atoms with van der Waals surface area (Å²) >= 11 is 3.05. The van der Waals surface area contributed by atoms with Gasteiger partial charge >= 0.3 is 6.18 Å². The number of benzene rings is 3. The summed E-state index contributed by atoms with van der Waals surface area (Å²) < 4.78 is 51.0. The topological polar surface area (TPSA) is 45.5 Å². The van der Waals surface area contributed by atoms with E-state index in [1.54, 1.807) is 14.2 Å². The van der Waals surface area contributed by atoms with Gasteiger partial charge < -0.3 is 14.4 Å². The van der Waals surface area contributed by atoms with Gasteiger partial charge in [-0.1, -0.05) is 24.3 Å². The van der Waals surface area contributed by atoms with E-state index in [9.17, 15) is 18.4 Å². The maximum absolute atomic E-state index is 13.6. The average Bonchev–Trinajstić information content (AvgIpc) is 2.78. The Balaban J connectivity index is 2.10. The van der Waals surface area contributed by atoms with E-state index in [0.29, 0.717) is 30.3 Å². The van der Waals surface area contributed by atoms with Crippen molar-refractivity contribution >= 4 is 21.6 Å². The van der Waals surface area contributed by atoms with Crippen molar-refractivity contribution in [2.24, 2.45) is 0 Å². The van der Waals surface area contributed by atoms with Crippen molar-refractivity contribution in [3.05, 3.63) is 86.9 Å². The average molecular weight is 519 g/mol. The minimum Gasteiger partial charge on any atom is -0.497 e. The van der Waals surface area contributed by atoms with Crippen LogP contribution in [0.2, 0.25) is 0 Å². The number of ether oxygens (including phenoxy) is 2. The maximum atomic E-state index is 13.6. The van der Waals surface area contributed by atoms with E-state index < -0.39 is 11.7 Å². The van der Waals surface area contributed by atoms with Gasteiger partial charge in [-0.25, -0.2) is 0 Å². The molecule has 0 aliphatic rings. The monoisotopic (exact) mass is 518 g/mol. The first kappa shape index (κ1) is 24.5. The zero-order chi connectivity index (χ0) is 24.2. The van der Waals surface area contributed by atoms with Gasteiger partial charge in [-0.15, -0.1) is 0 Å². The molecular weight excluding hydrogens is 497 g/mol. The van der Waals surface area contributed by atoms with E-state index in [-0.39, 0.29) is 15.6 Å². The minimum atomic E-state index is -4.58. The number of anilines is 1. The van der Waals surface area contributed by atoms with Gasteiger partial charge in [0.15, 0.2) is 0 Å². The molecule has 0 bridgehead atoms. The summed E-state index contributed by atoms with van der Waals surface area (Å²) in [5.74, 6) is 1.40. The molecule has 0 aliphatic carbocycles. The Morgan fingerprint density at radius 3 is 1.73 bits per heavy atom. The van der Waals surface area contributed by atoms with Gasteiger partial charge in [-0.05, 0) is 69.9 Å². The van der Waals surface area contributed by atoms with Gasteiger partial charge in [-0.3, -0.25) is 0 Å². The molecule has 0 fully saturated rings. The van der Waals surface area contributed by atoms with E-state index in [1.807, 2.05) is 59.5 Å². The summed E-state index contributed by atoms with van der Waals surface area (Å²) in [5.41, 5.74) is 1.40. The lowest BCUT2D eigenvalue weighted by molar-refractivity contribution is -0.138. The molecular formula is C25H22BrF3N2O2. The lowest BCUT2D eigenvalue weighted by Gasteiger charge is -2.28. The maximum Gasteiger partial charge on any atom is 0.417 e. The lowest BCUT2D eigenvalue weighted by atomic mass is 10.0. The van der Waals surface area contributed by atoms with Crippen LogP contribution in [0.1, 0.15) is 27.8 Å². The number of alkyl halides is 3. The lowest BCUT2D eigenvalue weighted by Crippen LogP contribution is -2.24. The van der Waals surface area contributed by atoms with Gasteiger partial charge in [-0.2, -0.15) is 18.4 Å². The molecule has 0 amide bonds. The van der Waals surface area contributed by atoms with Crippen molar-refractivity contribution in [2.75, 3.05) is 19.1 Å². The predicted octanol–water partition coefficient (Wildman–Crippen LogP) is 6.87. The molecule has 0 heterocycles. The zero-order valence-corrected chi connectivity index (χ0v) is 19.9. The van der Waals surface area contributed by atoms with Crippen LogP contribution < -0.4 is 14.4 Å². The Morgan fingerprint density at radius 1 is 0.909 bits per heavy atom. The Morgan fingerprint density at radius 2 is 1.36 bits per heavy atom. The summed E-state index contributed by atoms with van der Waals surface area (Å²) in [4.78, 5) is 1.89. The third kappa shape index (κ3) is 5.60. The highest BCUT2D eigenvalue weighted by molar-refractivity contribution is 9.10. The minimum absolute atomic E-state index is 0.0397. The second-order valence-corrected chi connectivity index (χ2v) is 8.23. The Kier molecular flexibility index (Phi) is 7.54. The fraction of sp³-hybridized carbons (Fsp3) is 0.240. The van der Waals surface area contributed by atoms with Gasteiger partial charge in [0, 0.05) is 17.6 Å². The van der Waals surface area contributed by atoms with Crippen LogP contribution in [-0.2, 0) is 19.3 Å². The van der Waals surface area contributed by atoms with E-state index in [1.165, 1.54) is 13.0 Å². The van der Waals surface area contributed by atoms with Crippen LogP contribution in [0.5, 0.6) is 11.5 Å². The second-order valence-electron chi connectivity index (χ2n) is 7.44. The SMILES string of the molecule is COc1ccc(CN(Cc2ccc(OC)cc2)c2cc(C)c(C(F)(F)F)c(Br)c2C#N)cc1. The number of halogens is 4. The Labute approximate surface area is 199 Å². The normalized spacial score (nSPS) is 11.1. The van der Waals surface area contributed by atoms with E-state index >= 15 is 0 Å². The molecule has 0 saturated heterocycles. The summed E-state index contributed by atoms with van der Waals surface area (Å²) in [7, 11) is 3.15. The molecule has 33 heavy (non-hydrogen) atoms. The van der Waals surface area contributed by atoms with Gasteiger partial charge in [0.05, 0.1) is 31.0 Å². The first-order valence-corrected chi connectivity index (χ1v) is 10.8. The van der Waals surface area contributed by atoms with Crippen molar-refractivity contribution in [3.8, 4) is 17.6 Å². The molecule has 0 atom stereocenters. The molecule has 0 unspecified atom stereocenters. The molecule has 172 valence electrons. The summed E-state index contributed by atoms with van der Waals surface area (Å²) in [6.45, 7) is 2.15. The highest BCUT2D eigenvalue weighted by atomic mass is 79.9. The number of nitrogens with zero attached hydrogens (tertiary/aromatic N) is 2. The first-order valence-electron chi connectivity index (χ1n) is 9.99. The third-order valence-corrected chi connectivity index (χ3v) is 6.04. The van der Waals surface area contributed by atoms with E-state index in [2.05, 4.69) is 15.9 Å². The Bertz CT molecular complexity index is 1110. The van der Waals surface area contributed by atoms with Gasteiger partial charge in [0.1, 0.15) is 17.6 Å². The fourth-order valence-electron chi connectivity index (χ4n) is 3.59. The standard InChI is InChI=1S/C25H22BrF3N2O2/c1-16-12-22(21(13-30)24(26)23(16)25(27,28)29)31(14-17-4-8-19(32-2)9-5-17)15-18-6-10-20(33-3)11-7-18/h4-12H,14-15H2,1-3H3. The first-order chi connectivity index (χ1) is 15.7. The quantitative estimate of drug-likeness (QED) is 0.342. The number of rotatable bonds is 7. The molecule has 4 nitrogen and oxygen atoms in total. The summed E-state index contributed by atoms with van der Waals surface area (Å²) in [6, 6.07) is 18.2. The fourth-order valence-corrected chi connectivity index (χ4v) is 4.42. The van der Waals surface area contributed by atoms with Crippen LogP contribution in [-0.4, -0.2) is 14.2 Å². The second kappa shape index (κ2) is 10.2. The number of aryl methyl sites for hydroxylation is 1. The van der Waals surface area contributed by atoms with Crippen LogP contribution in [0.25, 0.3) is 0 Å². The molecule has 0 aliphatic heterocycles. The van der Waals surface area contributed by atoms with Crippen molar-refractivity contribution < 1.29 is 22.6 Å². The molecule has 3 aromatic rings. The predicted molar refractivity (Wildman–Crippen MR) is 124 cm³/mol. The number of methoxy groups -OCH3 is 2. The summed E-state index contributed by atoms with van der Waals surface area (Å²) in [5, 5.41) is 9.79. The largest absolute Gasteiger partial charge is 0.497 e. The number of hydrogen-bond donors (Lipinski definition) is 0. The van der Waals surface area contributed by atoms with Crippen LogP contribution in [0, 0.1) is 18.3 Å². The molecule has 3 rings (SSSR count).